The Hall–Kier alpha value is -2.06. The fourth-order valence-corrected chi connectivity index (χ4v) is 5.77. The molecule has 0 spiro atoms. The van der Waals surface area contributed by atoms with Crippen molar-refractivity contribution in [3.8, 4) is 17.2 Å². The summed E-state index contributed by atoms with van der Waals surface area (Å²) >= 11 is 0. The van der Waals surface area contributed by atoms with Crippen LogP contribution in [-0.4, -0.2) is 15.3 Å². The first-order chi connectivity index (χ1) is 21.1. The van der Waals surface area contributed by atoms with Gasteiger partial charge in [0, 0.05) is 26.2 Å². The van der Waals surface area contributed by atoms with E-state index in [2.05, 4.69) is 182 Å². The number of phenols is 3. The van der Waals surface area contributed by atoms with Crippen LogP contribution in [0, 0.1) is 28.2 Å². The minimum atomic E-state index is -0.0178. The van der Waals surface area contributed by atoms with E-state index in [0.29, 0.717) is 17.2 Å². The molecule has 0 bridgehead atoms. The zero-order chi connectivity index (χ0) is 38.2. The molecule has 3 aromatic carbocycles. The Kier molecular flexibility index (Phi) is 17.2. The summed E-state index contributed by atoms with van der Waals surface area (Å²) in [5.74, 6) is 1.39. The second kappa shape index (κ2) is 17.2. The molecule has 0 amide bonds. The van der Waals surface area contributed by atoms with Gasteiger partial charge in [-0.2, -0.15) is 0 Å². The fourth-order valence-electron chi connectivity index (χ4n) is 5.77. The molecular weight excluding hydrogens is 692 g/mol. The van der Waals surface area contributed by atoms with Gasteiger partial charge in [-0.15, -0.1) is 0 Å². The molecule has 4 heteroatoms. The average molecular weight is 767 g/mol. The standard InChI is InChI=1S/3C15H24O.CH3.Zr/c3*1-10-8-11(14(2,3)4)13(16)12(9-10)15(5,6)7;;/h3*8-9,16H,1-7H3;1H3;/q;;;-1;. The first-order valence-corrected chi connectivity index (χ1v) is 17.6. The molecule has 0 unspecified atom stereocenters. The zero-order valence-electron chi connectivity index (χ0n) is 36.3. The van der Waals surface area contributed by atoms with E-state index >= 15 is 0 Å². The van der Waals surface area contributed by atoms with Gasteiger partial charge in [-0.05, 0) is 86.6 Å². The normalized spacial score (nSPS) is 12.4. The van der Waals surface area contributed by atoms with E-state index in [1.54, 1.807) is 0 Å². The van der Waals surface area contributed by atoms with Crippen LogP contribution in [0.3, 0.4) is 0 Å². The van der Waals surface area contributed by atoms with E-state index in [1.807, 2.05) is 0 Å². The van der Waals surface area contributed by atoms with Gasteiger partial charge in [0.1, 0.15) is 17.2 Å². The Bertz CT molecular complexity index is 1260. The van der Waals surface area contributed by atoms with Gasteiger partial charge in [0.2, 0.25) is 0 Å². The average Bonchev–Trinajstić information content (AvgIpc) is 2.84. The van der Waals surface area contributed by atoms with Crippen molar-refractivity contribution in [3.63, 3.8) is 0 Å². The summed E-state index contributed by atoms with van der Waals surface area (Å²) in [7, 11) is 0. The van der Waals surface area contributed by atoms with Gasteiger partial charge in [0.05, 0.1) is 0 Å². The van der Waals surface area contributed by atoms with Crippen molar-refractivity contribution < 1.29 is 41.5 Å². The van der Waals surface area contributed by atoms with Crippen LogP contribution in [0.1, 0.15) is 175 Å². The van der Waals surface area contributed by atoms with Crippen LogP contribution in [0.5, 0.6) is 17.2 Å². The van der Waals surface area contributed by atoms with Crippen molar-refractivity contribution in [2.75, 3.05) is 0 Å². The number of phenolic OH excluding ortho intramolecular Hbond substituents is 3. The van der Waals surface area contributed by atoms with E-state index in [1.165, 1.54) is 16.7 Å². The molecule has 0 saturated heterocycles. The van der Waals surface area contributed by atoms with E-state index < -0.39 is 0 Å². The fraction of sp³-hybridized carbons (Fsp3) is 0.587. The minimum absolute atomic E-state index is 0. The molecule has 0 saturated carbocycles. The molecule has 0 aliphatic heterocycles. The van der Waals surface area contributed by atoms with Crippen molar-refractivity contribution in [1.82, 2.24) is 0 Å². The van der Waals surface area contributed by atoms with E-state index in [0.717, 1.165) is 33.4 Å². The molecule has 3 aromatic rings. The van der Waals surface area contributed by atoms with Crippen molar-refractivity contribution >= 4 is 0 Å². The van der Waals surface area contributed by atoms with Crippen LogP contribution in [0.25, 0.3) is 0 Å². The smallest absolute Gasteiger partial charge is 0.123 e. The van der Waals surface area contributed by atoms with Gasteiger partial charge in [0.25, 0.3) is 0 Å². The minimum Gasteiger partial charge on any atom is -0.507 e. The van der Waals surface area contributed by atoms with Crippen molar-refractivity contribution in [2.24, 2.45) is 0 Å². The third-order valence-electron chi connectivity index (χ3n) is 8.61. The SMILES string of the molecule is Cc1cc(C(C)(C)C)c(O)c(C(C)(C)C)c1.Cc1cc(C(C)(C)C)c(O)c(C(C)(C)C)c1.Cc1cc(C(C)(C)C)c(O)c(C(C)(C)C)c1.[CH3-].[Zr]. The Balaban J connectivity index is 0. The summed E-state index contributed by atoms with van der Waals surface area (Å²) in [4.78, 5) is 0. The summed E-state index contributed by atoms with van der Waals surface area (Å²) in [6, 6.07) is 12.5. The summed E-state index contributed by atoms with van der Waals surface area (Å²) in [5, 5.41) is 31.2. The number of aromatic hydroxyl groups is 3. The Morgan fingerprint density at radius 1 is 0.300 bits per heavy atom. The maximum Gasteiger partial charge on any atom is 0.123 e. The Morgan fingerprint density at radius 2 is 0.400 bits per heavy atom. The van der Waals surface area contributed by atoms with E-state index in [4.69, 9.17) is 0 Å². The first-order valence-electron chi connectivity index (χ1n) is 17.6. The van der Waals surface area contributed by atoms with Gasteiger partial charge in [-0.25, -0.2) is 0 Å². The van der Waals surface area contributed by atoms with Gasteiger partial charge >= 0.3 is 0 Å². The van der Waals surface area contributed by atoms with Crippen LogP contribution in [0.15, 0.2) is 36.4 Å². The quantitative estimate of drug-likeness (QED) is 0.200. The molecule has 0 radical (unpaired) electrons. The van der Waals surface area contributed by atoms with Crippen LogP contribution in [-0.2, 0) is 58.7 Å². The molecule has 0 atom stereocenters. The molecule has 282 valence electrons. The van der Waals surface area contributed by atoms with Crippen LogP contribution in [0.2, 0.25) is 0 Å². The zero-order valence-corrected chi connectivity index (χ0v) is 38.8. The van der Waals surface area contributed by atoms with Crippen LogP contribution >= 0.6 is 0 Å². The summed E-state index contributed by atoms with van der Waals surface area (Å²) in [5.41, 5.74) is 9.78. The van der Waals surface area contributed by atoms with Gasteiger partial charge in [0.15, 0.2) is 0 Å². The number of aryl methyl sites for hydroxylation is 3. The molecule has 0 aromatic heterocycles. The summed E-state index contributed by atoms with van der Waals surface area (Å²) in [6.07, 6.45) is 0. The first kappa shape index (κ1) is 50.1. The number of benzene rings is 3. The van der Waals surface area contributed by atoms with Crippen molar-refractivity contribution in [2.45, 2.75) is 178 Å². The molecular formula is C46H75O3Zr-. The summed E-state index contributed by atoms with van der Waals surface area (Å²) in [6.45, 7) is 44.7. The van der Waals surface area contributed by atoms with Gasteiger partial charge in [-0.3, -0.25) is 0 Å². The van der Waals surface area contributed by atoms with Crippen molar-refractivity contribution in [3.05, 3.63) is 93.9 Å². The van der Waals surface area contributed by atoms with E-state index in [-0.39, 0.29) is 66.1 Å². The molecule has 50 heavy (non-hydrogen) atoms. The molecule has 0 aliphatic rings. The van der Waals surface area contributed by atoms with Gasteiger partial charge in [-0.1, -0.05) is 178 Å². The third-order valence-corrected chi connectivity index (χ3v) is 8.61. The molecule has 0 aliphatic carbocycles. The second-order valence-corrected chi connectivity index (χ2v) is 20.1. The maximum absolute atomic E-state index is 10.4. The molecule has 3 N–H and O–H groups in total. The van der Waals surface area contributed by atoms with Crippen molar-refractivity contribution in [1.29, 1.82) is 0 Å². The summed E-state index contributed by atoms with van der Waals surface area (Å²) < 4.78 is 0. The predicted octanol–water partition coefficient (Wildman–Crippen LogP) is 13.3. The molecule has 0 fully saturated rings. The Morgan fingerprint density at radius 3 is 0.480 bits per heavy atom. The molecule has 3 rings (SSSR count). The number of hydrogen-bond donors (Lipinski definition) is 3. The molecule has 3 nitrogen and oxygen atoms in total. The monoisotopic (exact) mass is 765 g/mol. The van der Waals surface area contributed by atoms with Crippen LogP contribution in [0.4, 0.5) is 0 Å². The Labute approximate surface area is 328 Å². The molecule has 0 heterocycles. The largest absolute Gasteiger partial charge is 0.507 e. The number of hydrogen-bond acceptors (Lipinski definition) is 3. The maximum atomic E-state index is 10.4. The second-order valence-electron chi connectivity index (χ2n) is 20.1. The van der Waals surface area contributed by atoms with Crippen LogP contribution < -0.4 is 0 Å². The van der Waals surface area contributed by atoms with Gasteiger partial charge < -0.3 is 22.7 Å². The van der Waals surface area contributed by atoms with E-state index in [9.17, 15) is 15.3 Å². The predicted molar refractivity (Wildman–Crippen MR) is 217 cm³/mol. The number of rotatable bonds is 0. The third kappa shape index (κ3) is 13.8. The topological polar surface area (TPSA) is 60.7 Å².